The number of nitrogen functional groups attached to an aromatic ring is 1. The molecule has 2 rings (SSSR count). The number of nitrogens with one attached hydrogen (secondary N) is 1. The van der Waals surface area contributed by atoms with Gasteiger partial charge in [0.1, 0.15) is 5.82 Å². The van der Waals surface area contributed by atoms with E-state index in [1.54, 1.807) is 6.07 Å². The number of piperidine rings is 1. The van der Waals surface area contributed by atoms with Gasteiger partial charge in [-0.05, 0) is 51.7 Å². The Kier molecular flexibility index (Phi) is 4.60. The summed E-state index contributed by atoms with van der Waals surface area (Å²) in [6.07, 6.45) is 4.12. The molecule has 1 saturated heterocycles. The number of amides is 1. The number of hydrogen-bond acceptors (Lipinski definition) is 4. The normalized spacial score (nSPS) is 22.7. The second-order valence-electron chi connectivity index (χ2n) is 5.57. The van der Waals surface area contributed by atoms with E-state index >= 15 is 0 Å². The maximum absolute atomic E-state index is 12.8. The molecule has 3 N–H and O–H groups in total. The Bertz CT molecular complexity index is 457. The lowest BCUT2D eigenvalue weighted by molar-refractivity contribution is 0.0510. The lowest BCUT2D eigenvalue weighted by Crippen LogP contribution is -2.47. The topological polar surface area (TPSA) is 71.2 Å². The highest BCUT2D eigenvalue weighted by atomic mass is 16.2. The molecule has 1 aromatic rings. The minimum Gasteiger partial charge on any atom is -0.333 e. The van der Waals surface area contributed by atoms with Crippen molar-refractivity contribution in [2.45, 2.75) is 58.5 Å². The van der Waals surface area contributed by atoms with Crippen LogP contribution in [-0.2, 0) is 6.42 Å². The third-order valence-corrected chi connectivity index (χ3v) is 4.06. The maximum atomic E-state index is 12.8. The molecular weight excluding hydrogens is 252 g/mol. The minimum absolute atomic E-state index is 0.0818. The van der Waals surface area contributed by atoms with E-state index in [9.17, 15) is 4.79 Å². The third kappa shape index (κ3) is 2.93. The van der Waals surface area contributed by atoms with Gasteiger partial charge in [-0.15, -0.1) is 0 Å². The van der Waals surface area contributed by atoms with Crippen LogP contribution in [-0.4, -0.2) is 27.9 Å². The first-order valence-electron chi connectivity index (χ1n) is 7.37. The van der Waals surface area contributed by atoms with Crippen LogP contribution in [0.4, 0.5) is 5.82 Å². The molecule has 0 saturated carbocycles. The van der Waals surface area contributed by atoms with Gasteiger partial charge in [-0.25, -0.2) is 10.8 Å². The smallest absolute Gasteiger partial charge is 0.254 e. The molecule has 20 heavy (non-hydrogen) atoms. The number of rotatable bonds is 3. The summed E-state index contributed by atoms with van der Waals surface area (Å²) in [5.74, 6) is 6.07. The summed E-state index contributed by atoms with van der Waals surface area (Å²) >= 11 is 0. The highest BCUT2D eigenvalue weighted by Crippen LogP contribution is 2.25. The number of likely N-dealkylation sites (tertiary alicyclic amines) is 1. The number of aryl methyl sites for hydroxylation is 1. The number of anilines is 1. The van der Waals surface area contributed by atoms with Crippen LogP contribution in [0.1, 0.15) is 56.1 Å². The molecule has 0 aliphatic carbocycles. The zero-order valence-corrected chi connectivity index (χ0v) is 12.5. The summed E-state index contributed by atoms with van der Waals surface area (Å²) in [4.78, 5) is 19.1. The number of nitrogens with two attached hydrogens (primary N) is 1. The van der Waals surface area contributed by atoms with Gasteiger partial charge in [-0.1, -0.05) is 6.92 Å². The van der Waals surface area contributed by atoms with Gasteiger partial charge in [0.2, 0.25) is 0 Å². The fourth-order valence-electron chi connectivity index (χ4n) is 2.94. The Morgan fingerprint density at radius 3 is 2.60 bits per heavy atom. The fourth-order valence-corrected chi connectivity index (χ4v) is 2.94. The molecule has 0 radical (unpaired) electrons. The van der Waals surface area contributed by atoms with Crippen molar-refractivity contribution in [2.24, 2.45) is 5.84 Å². The summed E-state index contributed by atoms with van der Waals surface area (Å²) in [7, 11) is 0. The third-order valence-electron chi connectivity index (χ3n) is 4.06. The maximum Gasteiger partial charge on any atom is 0.254 e. The predicted molar refractivity (Wildman–Crippen MR) is 80.4 cm³/mol. The van der Waals surface area contributed by atoms with E-state index in [2.05, 4.69) is 24.3 Å². The van der Waals surface area contributed by atoms with Crippen molar-refractivity contribution in [1.82, 2.24) is 9.88 Å². The average molecular weight is 276 g/mol. The molecule has 0 unspecified atom stereocenters. The molecule has 0 aromatic carbocycles. The zero-order chi connectivity index (χ0) is 14.7. The highest BCUT2D eigenvalue weighted by Gasteiger charge is 2.29. The van der Waals surface area contributed by atoms with Crippen LogP contribution in [0.3, 0.4) is 0 Å². The van der Waals surface area contributed by atoms with Gasteiger partial charge in [0.05, 0.1) is 0 Å². The standard InChI is InChI=1S/C15H24N4O/c1-4-13-8-12(9-14(17-13)18-16)15(20)19-10(2)6-5-7-11(19)3/h8-11H,4-7,16H2,1-3H3,(H,17,18)/t10-,11+. The van der Waals surface area contributed by atoms with Crippen molar-refractivity contribution in [1.29, 1.82) is 0 Å². The van der Waals surface area contributed by atoms with Crippen molar-refractivity contribution in [3.8, 4) is 0 Å². The second-order valence-corrected chi connectivity index (χ2v) is 5.57. The van der Waals surface area contributed by atoms with Gasteiger partial charge < -0.3 is 10.3 Å². The van der Waals surface area contributed by atoms with Crippen LogP contribution in [0.25, 0.3) is 0 Å². The van der Waals surface area contributed by atoms with E-state index in [1.807, 2.05) is 17.9 Å². The monoisotopic (exact) mass is 276 g/mol. The first-order valence-corrected chi connectivity index (χ1v) is 7.37. The van der Waals surface area contributed by atoms with Crippen LogP contribution in [0.5, 0.6) is 0 Å². The number of aromatic nitrogens is 1. The molecule has 1 amide bonds. The molecule has 5 nitrogen and oxygen atoms in total. The number of nitrogens with zero attached hydrogens (tertiary/aromatic N) is 2. The van der Waals surface area contributed by atoms with Crippen LogP contribution in [0.2, 0.25) is 0 Å². The Hall–Kier alpha value is -1.62. The first-order chi connectivity index (χ1) is 9.56. The Morgan fingerprint density at radius 2 is 2.05 bits per heavy atom. The molecule has 1 fully saturated rings. The van der Waals surface area contributed by atoms with E-state index in [0.29, 0.717) is 23.5 Å². The Morgan fingerprint density at radius 1 is 1.40 bits per heavy atom. The Labute approximate surface area is 120 Å². The van der Waals surface area contributed by atoms with E-state index in [1.165, 1.54) is 6.42 Å². The van der Waals surface area contributed by atoms with Gasteiger partial charge in [-0.2, -0.15) is 0 Å². The molecule has 5 heteroatoms. The largest absolute Gasteiger partial charge is 0.333 e. The van der Waals surface area contributed by atoms with Gasteiger partial charge in [0.15, 0.2) is 0 Å². The molecule has 2 heterocycles. The van der Waals surface area contributed by atoms with Crippen molar-refractivity contribution in [2.75, 3.05) is 5.43 Å². The molecule has 1 aliphatic heterocycles. The van der Waals surface area contributed by atoms with Crippen LogP contribution in [0.15, 0.2) is 12.1 Å². The summed E-state index contributed by atoms with van der Waals surface area (Å²) in [5, 5.41) is 0. The number of hydrazine groups is 1. The van der Waals surface area contributed by atoms with E-state index in [0.717, 1.165) is 25.0 Å². The average Bonchev–Trinajstić information content (AvgIpc) is 2.46. The summed E-state index contributed by atoms with van der Waals surface area (Å²) in [5.41, 5.74) is 4.09. The first kappa shape index (κ1) is 14.8. The molecule has 0 spiro atoms. The molecule has 1 aliphatic rings. The molecule has 2 atom stereocenters. The quantitative estimate of drug-likeness (QED) is 0.656. The number of hydrogen-bond donors (Lipinski definition) is 2. The van der Waals surface area contributed by atoms with Crippen LogP contribution >= 0.6 is 0 Å². The summed E-state index contributed by atoms with van der Waals surface area (Å²) in [6.45, 7) is 6.26. The van der Waals surface area contributed by atoms with E-state index in [-0.39, 0.29) is 5.91 Å². The van der Waals surface area contributed by atoms with Crippen LogP contribution in [0, 0.1) is 0 Å². The van der Waals surface area contributed by atoms with Gasteiger partial charge in [0, 0.05) is 23.3 Å². The van der Waals surface area contributed by atoms with Crippen molar-refractivity contribution < 1.29 is 4.79 Å². The Balaban J connectivity index is 2.32. The number of carbonyl (C=O) groups is 1. The predicted octanol–water partition coefficient (Wildman–Crippen LogP) is 2.33. The van der Waals surface area contributed by atoms with Gasteiger partial charge in [0.25, 0.3) is 5.91 Å². The minimum atomic E-state index is 0.0818. The van der Waals surface area contributed by atoms with Crippen LogP contribution < -0.4 is 11.3 Å². The summed E-state index contributed by atoms with van der Waals surface area (Å²) in [6, 6.07) is 4.18. The zero-order valence-electron chi connectivity index (χ0n) is 12.5. The molecule has 0 bridgehead atoms. The molecular formula is C15H24N4O. The number of carbonyl (C=O) groups excluding carboxylic acids is 1. The SMILES string of the molecule is CCc1cc(C(=O)N2[C@H](C)CCC[C@@H]2C)cc(NN)n1. The second kappa shape index (κ2) is 6.22. The number of pyridine rings is 1. The van der Waals surface area contributed by atoms with E-state index in [4.69, 9.17) is 5.84 Å². The van der Waals surface area contributed by atoms with Gasteiger partial charge >= 0.3 is 0 Å². The lowest BCUT2D eigenvalue weighted by Gasteiger charge is -2.39. The van der Waals surface area contributed by atoms with E-state index < -0.39 is 0 Å². The fraction of sp³-hybridized carbons (Fsp3) is 0.600. The summed E-state index contributed by atoms with van der Waals surface area (Å²) < 4.78 is 0. The van der Waals surface area contributed by atoms with Gasteiger partial charge in [-0.3, -0.25) is 4.79 Å². The lowest BCUT2D eigenvalue weighted by atomic mass is 9.96. The van der Waals surface area contributed by atoms with Crippen molar-refractivity contribution in [3.05, 3.63) is 23.4 Å². The van der Waals surface area contributed by atoms with Crippen molar-refractivity contribution in [3.63, 3.8) is 0 Å². The molecule has 110 valence electrons. The van der Waals surface area contributed by atoms with Crippen molar-refractivity contribution >= 4 is 11.7 Å². The molecule has 1 aromatic heterocycles. The highest BCUT2D eigenvalue weighted by molar-refractivity contribution is 5.95.